The second-order valence-electron chi connectivity index (χ2n) is 5.52. The number of halogens is 3. The molecule has 9 heteroatoms. The molecule has 0 N–H and O–H groups in total. The zero-order valence-electron chi connectivity index (χ0n) is 13.0. The number of aromatic nitrogens is 3. The van der Waals surface area contributed by atoms with Crippen molar-refractivity contribution < 1.29 is 13.2 Å². The fraction of sp³-hybridized carbons (Fsp3) is 0.118. The van der Waals surface area contributed by atoms with Crippen molar-refractivity contribution in [1.82, 2.24) is 13.3 Å². The van der Waals surface area contributed by atoms with E-state index >= 15 is 0 Å². The van der Waals surface area contributed by atoms with E-state index in [-0.39, 0.29) is 12.1 Å². The summed E-state index contributed by atoms with van der Waals surface area (Å²) < 4.78 is 45.2. The van der Waals surface area contributed by atoms with Gasteiger partial charge in [0.25, 0.3) is 5.56 Å². The summed E-state index contributed by atoms with van der Waals surface area (Å²) in [4.78, 5) is 16.7. The second-order valence-corrected chi connectivity index (χ2v) is 7.34. The third-order valence-corrected chi connectivity index (χ3v) is 5.61. The Hall–Kier alpha value is -2.52. The van der Waals surface area contributed by atoms with Crippen molar-refractivity contribution >= 4 is 33.2 Å². The average molecular weight is 393 g/mol. The first-order chi connectivity index (χ1) is 12.4. The molecular formula is C17H10F3N3OS2. The summed E-state index contributed by atoms with van der Waals surface area (Å²) in [6.07, 6.45) is -4.41. The van der Waals surface area contributed by atoms with Gasteiger partial charge in [0.1, 0.15) is 5.01 Å². The van der Waals surface area contributed by atoms with Gasteiger partial charge in [-0.05, 0) is 35.8 Å². The van der Waals surface area contributed by atoms with Crippen LogP contribution in [0.2, 0.25) is 0 Å². The SMILES string of the molecule is O=c1c2ccccc2sn1Cc1nsc(-c2cccc(C(F)(F)F)c2)n1. The van der Waals surface area contributed by atoms with Crippen LogP contribution in [0.4, 0.5) is 13.2 Å². The number of hydrogen-bond donors (Lipinski definition) is 0. The molecule has 0 fully saturated rings. The largest absolute Gasteiger partial charge is 0.416 e. The van der Waals surface area contributed by atoms with Crippen LogP contribution in [0.15, 0.2) is 53.3 Å². The Bertz CT molecular complexity index is 1140. The van der Waals surface area contributed by atoms with Gasteiger partial charge in [-0.15, -0.1) is 0 Å². The normalized spacial score (nSPS) is 12.0. The summed E-state index contributed by atoms with van der Waals surface area (Å²) >= 11 is 2.32. The van der Waals surface area contributed by atoms with Crippen LogP contribution < -0.4 is 5.56 Å². The molecule has 4 nitrogen and oxygen atoms in total. The fourth-order valence-corrected chi connectivity index (χ4v) is 4.17. The molecule has 4 aromatic rings. The molecule has 0 bridgehead atoms. The highest BCUT2D eigenvalue weighted by Gasteiger charge is 2.30. The lowest BCUT2D eigenvalue weighted by atomic mass is 10.1. The zero-order chi connectivity index (χ0) is 18.3. The number of benzene rings is 2. The lowest BCUT2D eigenvalue weighted by Gasteiger charge is -2.06. The predicted molar refractivity (Wildman–Crippen MR) is 95.5 cm³/mol. The van der Waals surface area contributed by atoms with Gasteiger partial charge in [-0.2, -0.15) is 17.5 Å². The van der Waals surface area contributed by atoms with Crippen LogP contribution in [0, 0.1) is 0 Å². The molecule has 0 saturated heterocycles. The van der Waals surface area contributed by atoms with E-state index in [2.05, 4.69) is 9.36 Å². The van der Waals surface area contributed by atoms with E-state index in [1.54, 1.807) is 22.2 Å². The molecule has 2 heterocycles. The first-order valence-electron chi connectivity index (χ1n) is 7.51. The standard InChI is InChI=1S/C17H10F3N3OS2/c18-17(19,20)11-5-3-4-10(8-11)15-21-14(22-25-15)9-23-16(24)12-6-1-2-7-13(12)26-23/h1-8H,9H2. The summed E-state index contributed by atoms with van der Waals surface area (Å²) in [6, 6.07) is 12.2. The molecule has 0 spiro atoms. The van der Waals surface area contributed by atoms with Crippen molar-refractivity contribution in [3.05, 3.63) is 70.3 Å². The third-order valence-electron chi connectivity index (χ3n) is 3.74. The number of hydrogen-bond acceptors (Lipinski definition) is 5. The maximum absolute atomic E-state index is 12.9. The Morgan fingerprint density at radius 3 is 2.65 bits per heavy atom. The lowest BCUT2D eigenvalue weighted by Crippen LogP contribution is -2.14. The van der Waals surface area contributed by atoms with Gasteiger partial charge in [0.2, 0.25) is 0 Å². The van der Waals surface area contributed by atoms with E-state index in [1.807, 2.05) is 12.1 Å². The first kappa shape index (κ1) is 16.9. The van der Waals surface area contributed by atoms with Crippen LogP contribution in [0.1, 0.15) is 11.4 Å². The van der Waals surface area contributed by atoms with Crippen LogP contribution in [0.3, 0.4) is 0 Å². The Morgan fingerprint density at radius 1 is 1.08 bits per heavy atom. The minimum Gasteiger partial charge on any atom is -0.268 e. The molecule has 0 amide bonds. The summed E-state index contributed by atoms with van der Waals surface area (Å²) in [5.41, 5.74) is -0.499. The fourth-order valence-electron chi connectivity index (χ4n) is 2.51. The summed E-state index contributed by atoms with van der Waals surface area (Å²) in [7, 11) is 0. The van der Waals surface area contributed by atoms with E-state index in [4.69, 9.17) is 0 Å². The molecule has 2 aromatic heterocycles. The van der Waals surface area contributed by atoms with E-state index in [9.17, 15) is 18.0 Å². The summed E-state index contributed by atoms with van der Waals surface area (Å²) in [6.45, 7) is 0.188. The highest BCUT2D eigenvalue weighted by molar-refractivity contribution is 7.13. The van der Waals surface area contributed by atoms with Gasteiger partial charge < -0.3 is 0 Å². The number of rotatable bonds is 3. The van der Waals surface area contributed by atoms with Gasteiger partial charge in [-0.25, -0.2) is 4.98 Å². The van der Waals surface area contributed by atoms with E-state index in [0.717, 1.165) is 28.4 Å². The van der Waals surface area contributed by atoms with Gasteiger partial charge in [-0.1, -0.05) is 35.8 Å². The maximum atomic E-state index is 12.9. The smallest absolute Gasteiger partial charge is 0.268 e. The Balaban J connectivity index is 1.64. The molecule has 0 unspecified atom stereocenters. The van der Waals surface area contributed by atoms with E-state index < -0.39 is 11.7 Å². The van der Waals surface area contributed by atoms with Crippen molar-refractivity contribution in [3.8, 4) is 10.6 Å². The molecule has 0 radical (unpaired) electrons. The Labute approximate surface area is 153 Å². The van der Waals surface area contributed by atoms with Crippen LogP contribution in [0.25, 0.3) is 20.7 Å². The van der Waals surface area contributed by atoms with Crippen LogP contribution in [-0.2, 0) is 12.7 Å². The summed E-state index contributed by atoms with van der Waals surface area (Å²) in [5.74, 6) is 0.399. The third kappa shape index (κ3) is 3.15. The highest BCUT2D eigenvalue weighted by atomic mass is 32.1. The van der Waals surface area contributed by atoms with Crippen molar-refractivity contribution in [2.24, 2.45) is 0 Å². The van der Waals surface area contributed by atoms with Gasteiger partial charge in [0, 0.05) is 5.56 Å². The van der Waals surface area contributed by atoms with Gasteiger partial charge in [0.15, 0.2) is 5.82 Å². The number of nitrogens with zero attached hydrogens (tertiary/aromatic N) is 3. The molecule has 0 saturated carbocycles. The van der Waals surface area contributed by atoms with Crippen molar-refractivity contribution in [2.75, 3.05) is 0 Å². The maximum Gasteiger partial charge on any atom is 0.416 e. The lowest BCUT2D eigenvalue weighted by molar-refractivity contribution is -0.137. The molecule has 2 aromatic carbocycles. The quantitative estimate of drug-likeness (QED) is 0.509. The molecular weight excluding hydrogens is 383 g/mol. The first-order valence-corrected chi connectivity index (χ1v) is 9.05. The molecule has 0 aliphatic rings. The monoisotopic (exact) mass is 393 g/mol. The molecule has 4 rings (SSSR count). The van der Waals surface area contributed by atoms with Gasteiger partial charge in [-0.3, -0.25) is 8.75 Å². The average Bonchev–Trinajstić information content (AvgIpc) is 3.20. The number of alkyl halides is 3. The van der Waals surface area contributed by atoms with Crippen LogP contribution in [-0.4, -0.2) is 13.3 Å². The molecule has 132 valence electrons. The van der Waals surface area contributed by atoms with Crippen molar-refractivity contribution in [2.45, 2.75) is 12.7 Å². The van der Waals surface area contributed by atoms with Crippen LogP contribution >= 0.6 is 23.1 Å². The van der Waals surface area contributed by atoms with Gasteiger partial charge in [0.05, 0.1) is 22.2 Å². The molecule has 0 atom stereocenters. The Morgan fingerprint density at radius 2 is 1.88 bits per heavy atom. The molecule has 26 heavy (non-hydrogen) atoms. The van der Waals surface area contributed by atoms with Gasteiger partial charge >= 0.3 is 6.18 Å². The summed E-state index contributed by atoms with van der Waals surface area (Å²) in [5, 5.41) is 1.02. The zero-order valence-corrected chi connectivity index (χ0v) is 14.7. The molecule has 0 aliphatic heterocycles. The molecule has 0 aliphatic carbocycles. The highest BCUT2D eigenvalue weighted by Crippen LogP contribution is 2.32. The van der Waals surface area contributed by atoms with E-state index in [0.29, 0.717) is 21.8 Å². The Kier molecular flexibility index (Phi) is 4.12. The van der Waals surface area contributed by atoms with E-state index in [1.165, 1.54) is 17.6 Å². The second kappa shape index (κ2) is 6.33. The topological polar surface area (TPSA) is 47.8 Å². The minimum absolute atomic E-state index is 0.124. The van der Waals surface area contributed by atoms with Crippen molar-refractivity contribution in [3.63, 3.8) is 0 Å². The minimum atomic E-state index is -4.41. The van der Waals surface area contributed by atoms with Crippen molar-refractivity contribution in [1.29, 1.82) is 0 Å². The predicted octanol–water partition coefficient (Wildman–Crippen LogP) is 4.65. The van der Waals surface area contributed by atoms with Crippen LogP contribution in [0.5, 0.6) is 0 Å². The number of fused-ring (bicyclic) bond motifs is 1.